The molecule has 0 atom stereocenters. The van der Waals surface area contributed by atoms with Gasteiger partial charge in [0.1, 0.15) is 13.2 Å². The van der Waals surface area contributed by atoms with E-state index in [0.717, 1.165) is 0 Å². The lowest BCUT2D eigenvalue weighted by Gasteiger charge is -2.10. The highest BCUT2D eigenvalue weighted by atomic mass is 19.3. The summed E-state index contributed by atoms with van der Waals surface area (Å²) in [7, 11) is 0. The summed E-state index contributed by atoms with van der Waals surface area (Å²) in [6.45, 7) is 4.50. The summed E-state index contributed by atoms with van der Waals surface area (Å²) in [5.74, 6) is -5.83. The molecule has 0 bridgehead atoms. The molecule has 0 aliphatic rings. The maximum atomic E-state index is 12.2. The second kappa shape index (κ2) is 5.43. The molecule has 0 aromatic heterocycles. The molecule has 0 rings (SSSR count). The highest BCUT2D eigenvalue weighted by Gasteiger charge is 2.34. The molecule has 86 valence electrons. The first-order valence-corrected chi connectivity index (χ1v) is 4.13. The molecule has 0 aliphatic heterocycles. The van der Waals surface area contributed by atoms with Crippen molar-refractivity contribution in [3.05, 3.63) is 12.2 Å². The zero-order valence-electron chi connectivity index (χ0n) is 8.51. The van der Waals surface area contributed by atoms with Gasteiger partial charge in [0.15, 0.2) is 0 Å². The Hall–Kier alpha value is -1.46. The first kappa shape index (κ1) is 13.5. The van der Waals surface area contributed by atoms with Crippen molar-refractivity contribution < 1.29 is 27.8 Å². The minimum atomic E-state index is -3.53. The first-order valence-electron chi connectivity index (χ1n) is 4.13. The Morgan fingerprint density at radius 1 is 1.27 bits per heavy atom. The lowest BCUT2D eigenvalue weighted by atomic mass is 10.4. The van der Waals surface area contributed by atoms with E-state index in [-0.39, 0.29) is 12.2 Å². The smallest absolute Gasteiger partial charge is 0.376 e. The lowest BCUT2D eigenvalue weighted by molar-refractivity contribution is -0.171. The summed E-state index contributed by atoms with van der Waals surface area (Å²) < 4.78 is 33.1. The van der Waals surface area contributed by atoms with Gasteiger partial charge in [0.2, 0.25) is 0 Å². The molecule has 0 radical (unpaired) electrons. The normalized spacial score (nSPS) is 10.7. The van der Waals surface area contributed by atoms with Gasteiger partial charge in [-0.2, -0.15) is 8.78 Å². The monoisotopic (exact) mass is 222 g/mol. The third-order valence-corrected chi connectivity index (χ3v) is 1.26. The highest BCUT2D eigenvalue weighted by molar-refractivity contribution is 5.86. The molecule has 6 heteroatoms. The van der Waals surface area contributed by atoms with E-state index < -0.39 is 24.5 Å². The number of rotatable bonds is 5. The van der Waals surface area contributed by atoms with Crippen LogP contribution in [0.15, 0.2) is 12.2 Å². The Balaban J connectivity index is 3.69. The molecule has 0 aromatic rings. The Morgan fingerprint density at radius 3 is 2.13 bits per heavy atom. The SMILES string of the molecule is C=C(C)C(=O)OCCOC(=O)C(C)(F)F. The van der Waals surface area contributed by atoms with Gasteiger partial charge in [-0.3, -0.25) is 0 Å². The van der Waals surface area contributed by atoms with E-state index in [2.05, 4.69) is 16.1 Å². The van der Waals surface area contributed by atoms with Crippen LogP contribution in [-0.2, 0) is 19.1 Å². The van der Waals surface area contributed by atoms with Gasteiger partial charge in [0, 0.05) is 12.5 Å². The van der Waals surface area contributed by atoms with Gasteiger partial charge in [0.25, 0.3) is 0 Å². The standard InChI is InChI=1S/C9H12F2O4/c1-6(2)7(12)14-4-5-15-8(13)9(3,10)11/h1,4-5H2,2-3H3. The molecule has 0 saturated heterocycles. The van der Waals surface area contributed by atoms with Crippen LogP contribution in [-0.4, -0.2) is 31.1 Å². The van der Waals surface area contributed by atoms with Crippen molar-refractivity contribution in [2.45, 2.75) is 19.8 Å². The van der Waals surface area contributed by atoms with E-state index in [4.69, 9.17) is 0 Å². The molecule has 0 spiro atoms. The van der Waals surface area contributed by atoms with Crippen molar-refractivity contribution >= 4 is 11.9 Å². The summed E-state index contributed by atoms with van der Waals surface area (Å²) in [4.78, 5) is 21.3. The van der Waals surface area contributed by atoms with E-state index >= 15 is 0 Å². The number of carbonyl (C=O) groups excluding carboxylic acids is 2. The summed E-state index contributed by atoms with van der Waals surface area (Å²) >= 11 is 0. The van der Waals surface area contributed by atoms with Gasteiger partial charge >= 0.3 is 17.9 Å². The van der Waals surface area contributed by atoms with Crippen molar-refractivity contribution in [2.75, 3.05) is 13.2 Å². The summed E-state index contributed by atoms with van der Waals surface area (Å²) in [6, 6.07) is 0. The van der Waals surface area contributed by atoms with Crippen LogP contribution in [0.1, 0.15) is 13.8 Å². The molecule has 0 unspecified atom stereocenters. The van der Waals surface area contributed by atoms with Gasteiger partial charge in [-0.15, -0.1) is 0 Å². The topological polar surface area (TPSA) is 52.6 Å². The number of hydrogen-bond acceptors (Lipinski definition) is 4. The van der Waals surface area contributed by atoms with E-state index in [0.29, 0.717) is 6.92 Å². The average molecular weight is 222 g/mol. The van der Waals surface area contributed by atoms with Crippen molar-refractivity contribution in [1.82, 2.24) is 0 Å². The van der Waals surface area contributed by atoms with Gasteiger partial charge in [-0.1, -0.05) is 6.58 Å². The molecule has 0 fully saturated rings. The zero-order valence-corrected chi connectivity index (χ0v) is 8.51. The second-order valence-electron chi connectivity index (χ2n) is 2.94. The van der Waals surface area contributed by atoms with E-state index in [1.54, 1.807) is 0 Å². The number of esters is 2. The van der Waals surface area contributed by atoms with Crippen LogP contribution < -0.4 is 0 Å². The van der Waals surface area contributed by atoms with Crippen molar-refractivity contribution in [1.29, 1.82) is 0 Å². The third-order valence-electron chi connectivity index (χ3n) is 1.26. The Morgan fingerprint density at radius 2 is 1.73 bits per heavy atom. The molecule has 0 saturated carbocycles. The van der Waals surface area contributed by atoms with Crippen LogP contribution >= 0.6 is 0 Å². The third kappa shape index (κ3) is 5.77. The number of hydrogen-bond donors (Lipinski definition) is 0. The summed E-state index contributed by atoms with van der Waals surface area (Å²) in [6.07, 6.45) is 0. The predicted octanol–water partition coefficient (Wildman–Crippen LogP) is 1.30. The van der Waals surface area contributed by atoms with Gasteiger partial charge in [0.05, 0.1) is 0 Å². The summed E-state index contributed by atoms with van der Waals surface area (Å²) in [5.41, 5.74) is 0.183. The Kier molecular flexibility index (Phi) is 4.90. The minimum absolute atomic E-state index is 0.183. The Labute approximate surface area is 85.9 Å². The van der Waals surface area contributed by atoms with Gasteiger partial charge in [-0.25, -0.2) is 9.59 Å². The van der Waals surface area contributed by atoms with Crippen molar-refractivity contribution in [2.24, 2.45) is 0 Å². The fraction of sp³-hybridized carbons (Fsp3) is 0.556. The maximum absolute atomic E-state index is 12.2. The molecular weight excluding hydrogens is 210 g/mol. The Bertz CT molecular complexity index is 268. The first-order chi connectivity index (χ1) is 6.75. The van der Waals surface area contributed by atoms with E-state index in [1.807, 2.05) is 0 Å². The van der Waals surface area contributed by atoms with Crippen molar-refractivity contribution in [3.8, 4) is 0 Å². The van der Waals surface area contributed by atoms with Crippen LogP contribution in [0.2, 0.25) is 0 Å². The van der Waals surface area contributed by atoms with Gasteiger partial charge in [-0.05, 0) is 6.92 Å². The number of halogens is 2. The molecule has 0 aliphatic carbocycles. The average Bonchev–Trinajstić information content (AvgIpc) is 2.09. The van der Waals surface area contributed by atoms with Crippen LogP contribution in [0.25, 0.3) is 0 Å². The minimum Gasteiger partial charge on any atom is -0.459 e. The quantitative estimate of drug-likeness (QED) is 0.399. The molecule has 0 aromatic carbocycles. The molecule has 0 N–H and O–H groups in total. The van der Waals surface area contributed by atoms with Gasteiger partial charge < -0.3 is 9.47 Å². The fourth-order valence-corrected chi connectivity index (χ4v) is 0.519. The molecule has 0 amide bonds. The van der Waals surface area contributed by atoms with E-state index in [1.165, 1.54) is 6.92 Å². The maximum Gasteiger partial charge on any atom is 0.376 e. The molecule has 4 nitrogen and oxygen atoms in total. The predicted molar refractivity (Wildman–Crippen MR) is 47.4 cm³/mol. The highest BCUT2D eigenvalue weighted by Crippen LogP contribution is 2.13. The fourth-order valence-electron chi connectivity index (χ4n) is 0.519. The number of ether oxygens (including phenoxy) is 2. The van der Waals surface area contributed by atoms with Crippen LogP contribution in [0.4, 0.5) is 8.78 Å². The van der Waals surface area contributed by atoms with Crippen LogP contribution in [0.3, 0.4) is 0 Å². The number of carbonyl (C=O) groups is 2. The van der Waals surface area contributed by atoms with E-state index in [9.17, 15) is 18.4 Å². The lowest BCUT2D eigenvalue weighted by Crippen LogP contribution is -2.28. The molecule has 0 heterocycles. The van der Waals surface area contributed by atoms with Crippen molar-refractivity contribution in [3.63, 3.8) is 0 Å². The molecule has 15 heavy (non-hydrogen) atoms. The zero-order chi connectivity index (χ0) is 12.1. The molecular formula is C9H12F2O4. The number of alkyl halides is 2. The van der Waals surface area contributed by atoms with Crippen LogP contribution in [0, 0.1) is 0 Å². The second-order valence-corrected chi connectivity index (χ2v) is 2.94. The van der Waals surface area contributed by atoms with Crippen LogP contribution in [0.5, 0.6) is 0 Å². The largest absolute Gasteiger partial charge is 0.459 e. The summed E-state index contributed by atoms with van der Waals surface area (Å²) in [5, 5.41) is 0.